The van der Waals surface area contributed by atoms with Crippen molar-refractivity contribution in [3.8, 4) is 0 Å². The fraction of sp³-hybridized carbons (Fsp3) is 0.571. The van der Waals surface area contributed by atoms with E-state index >= 15 is 0 Å². The van der Waals surface area contributed by atoms with Gasteiger partial charge in [0, 0.05) is 20.1 Å². The molecular weight excluding hydrogens is 286 g/mol. The van der Waals surface area contributed by atoms with E-state index in [1.807, 2.05) is 4.90 Å². The fourth-order valence-corrected chi connectivity index (χ4v) is 2.97. The predicted octanol–water partition coefficient (Wildman–Crippen LogP) is 0.537. The van der Waals surface area contributed by atoms with Gasteiger partial charge in [0.15, 0.2) is 0 Å². The second-order valence-electron chi connectivity index (χ2n) is 5.62. The second-order valence-corrected chi connectivity index (χ2v) is 5.62. The van der Waals surface area contributed by atoms with Crippen LogP contribution in [0.2, 0.25) is 0 Å². The maximum Gasteiger partial charge on any atom is 0.317 e. The first kappa shape index (κ1) is 14.6. The Balaban J connectivity index is 1.50. The summed E-state index contributed by atoms with van der Waals surface area (Å²) >= 11 is 0. The molecular formula is C14H19N5O3. The molecule has 3 rings (SSSR count). The lowest BCUT2D eigenvalue weighted by Gasteiger charge is -2.17. The number of amides is 3. The molecule has 2 N–H and O–H groups in total. The van der Waals surface area contributed by atoms with E-state index in [9.17, 15) is 9.59 Å². The minimum Gasteiger partial charge on any atom is -0.352 e. The summed E-state index contributed by atoms with van der Waals surface area (Å²) in [5, 5.41) is 8.72. The maximum atomic E-state index is 12.2. The molecule has 1 aromatic heterocycles. The summed E-state index contributed by atoms with van der Waals surface area (Å²) in [5.41, 5.74) is 0. The zero-order valence-corrected chi connectivity index (χ0v) is 12.4. The number of nitrogens with one attached hydrogen (secondary N) is 2. The first-order valence-electron chi connectivity index (χ1n) is 7.40. The largest absolute Gasteiger partial charge is 0.352 e. The number of hydrogen-bond donors (Lipinski definition) is 2. The Kier molecular flexibility index (Phi) is 4.08. The van der Waals surface area contributed by atoms with Crippen molar-refractivity contribution in [3.63, 3.8) is 0 Å². The van der Waals surface area contributed by atoms with Crippen LogP contribution in [0.15, 0.2) is 16.7 Å². The van der Waals surface area contributed by atoms with E-state index in [0.717, 1.165) is 25.9 Å². The Morgan fingerprint density at radius 2 is 2.00 bits per heavy atom. The molecule has 8 heteroatoms. The number of fused-ring (bicyclic) bond motifs is 1. The molecule has 1 saturated heterocycles. The monoisotopic (exact) mass is 305 g/mol. The van der Waals surface area contributed by atoms with Gasteiger partial charge in [-0.15, -0.1) is 0 Å². The molecule has 0 bridgehead atoms. The molecule has 1 aliphatic carbocycles. The molecule has 0 radical (unpaired) electrons. The van der Waals surface area contributed by atoms with Crippen molar-refractivity contribution in [1.82, 2.24) is 25.7 Å². The number of nitrogens with zero attached hydrogens (tertiary/aromatic N) is 3. The average Bonchev–Trinajstić information content (AvgIpc) is 3.18. The van der Waals surface area contributed by atoms with Gasteiger partial charge in [0.25, 0.3) is 11.7 Å². The van der Waals surface area contributed by atoms with Crippen LogP contribution in [0.1, 0.15) is 29.4 Å². The quantitative estimate of drug-likeness (QED) is 0.794. The van der Waals surface area contributed by atoms with Crippen LogP contribution in [0.3, 0.4) is 0 Å². The van der Waals surface area contributed by atoms with Gasteiger partial charge in [0.2, 0.25) is 5.89 Å². The highest BCUT2D eigenvalue weighted by molar-refractivity contribution is 5.89. The molecule has 2 heterocycles. The van der Waals surface area contributed by atoms with E-state index in [4.69, 9.17) is 4.52 Å². The Hall–Kier alpha value is -2.38. The highest BCUT2D eigenvalue weighted by Crippen LogP contribution is 2.32. The lowest BCUT2D eigenvalue weighted by molar-refractivity contribution is 0.0950. The molecule has 0 saturated carbocycles. The molecule has 1 aliphatic heterocycles. The van der Waals surface area contributed by atoms with E-state index < -0.39 is 5.91 Å². The Bertz CT molecular complexity index is 581. The van der Waals surface area contributed by atoms with E-state index in [1.165, 1.54) is 7.05 Å². The zero-order chi connectivity index (χ0) is 15.5. The molecule has 2 aliphatic rings. The smallest absolute Gasteiger partial charge is 0.317 e. The minimum atomic E-state index is -0.419. The number of rotatable bonds is 3. The van der Waals surface area contributed by atoms with Crippen molar-refractivity contribution in [2.45, 2.75) is 19.4 Å². The molecule has 0 spiro atoms. The third kappa shape index (κ3) is 2.95. The third-order valence-corrected chi connectivity index (χ3v) is 4.20. The Labute approximate surface area is 127 Å². The van der Waals surface area contributed by atoms with Crippen LogP contribution in [-0.4, -0.2) is 47.1 Å². The molecule has 118 valence electrons. The molecule has 0 unspecified atom stereocenters. The summed E-state index contributed by atoms with van der Waals surface area (Å²) in [6.45, 7) is 1.69. The number of likely N-dealkylation sites (tertiary alicyclic amines) is 1. The SMILES string of the molecule is CNC(=O)c1noc(CNC(=O)N2C[C@H]3CC=CC[C@H]3C2)n1. The van der Waals surface area contributed by atoms with E-state index in [0.29, 0.717) is 11.8 Å². The summed E-state index contributed by atoms with van der Waals surface area (Å²) in [6.07, 6.45) is 6.49. The van der Waals surface area contributed by atoms with Crippen molar-refractivity contribution in [2.75, 3.05) is 20.1 Å². The summed E-state index contributed by atoms with van der Waals surface area (Å²) in [7, 11) is 1.49. The lowest BCUT2D eigenvalue weighted by Crippen LogP contribution is -2.38. The molecule has 1 aromatic rings. The number of allylic oxidation sites excluding steroid dienone is 2. The Morgan fingerprint density at radius 3 is 2.64 bits per heavy atom. The second kappa shape index (κ2) is 6.17. The van der Waals surface area contributed by atoms with Gasteiger partial charge < -0.3 is 20.1 Å². The highest BCUT2D eigenvalue weighted by Gasteiger charge is 2.35. The molecule has 8 nitrogen and oxygen atoms in total. The molecule has 22 heavy (non-hydrogen) atoms. The topological polar surface area (TPSA) is 100 Å². The van der Waals surface area contributed by atoms with Gasteiger partial charge in [0.1, 0.15) is 0 Å². The van der Waals surface area contributed by atoms with Crippen LogP contribution < -0.4 is 10.6 Å². The number of urea groups is 1. The van der Waals surface area contributed by atoms with Crippen molar-refractivity contribution in [1.29, 1.82) is 0 Å². The predicted molar refractivity (Wildman–Crippen MR) is 76.9 cm³/mol. The average molecular weight is 305 g/mol. The van der Waals surface area contributed by atoms with E-state index in [2.05, 4.69) is 32.9 Å². The van der Waals surface area contributed by atoms with Crippen molar-refractivity contribution < 1.29 is 14.1 Å². The highest BCUT2D eigenvalue weighted by atomic mass is 16.5. The normalized spacial score (nSPS) is 23.2. The van der Waals surface area contributed by atoms with Crippen LogP contribution >= 0.6 is 0 Å². The van der Waals surface area contributed by atoms with E-state index in [-0.39, 0.29) is 24.3 Å². The zero-order valence-electron chi connectivity index (χ0n) is 12.4. The third-order valence-electron chi connectivity index (χ3n) is 4.20. The maximum absolute atomic E-state index is 12.2. The van der Waals surface area contributed by atoms with Crippen LogP contribution in [0.5, 0.6) is 0 Å². The number of hydrogen-bond acceptors (Lipinski definition) is 5. The van der Waals surface area contributed by atoms with Gasteiger partial charge in [-0.05, 0) is 24.7 Å². The van der Waals surface area contributed by atoms with Gasteiger partial charge in [0.05, 0.1) is 6.54 Å². The fourth-order valence-electron chi connectivity index (χ4n) is 2.97. The van der Waals surface area contributed by atoms with Crippen LogP contribution in [0, 0.1) is 11.8 Å². The number of carbonyl (C=O) groups excluding carboxylic acids is 2. The molecule has 0 aromatic carbocycles. The molecule has 2 atom stereocenters. The van der Waals surface area contributed by atoms with Gasteiger partial charge >= 0.3 is 6.03 Å². The van der Waals surface area contributed by atoms with Crippen molar-refractivity contribution in [2.24, 2.45) is 11.8 Å². The summed E-state index contributed by atoms with van der Waals surface area (Å²) in [5.74, 6) is 0.894. The van der Waals surface area contributed by atoms with Gasteiger partial charge in [-0.25, -0.2) is 4.79 Å². The van der Waals surface area contributed by atoms with Crippen LogP contribution in [0.4, 0.5) is 4.79 Å². The van der Waals surface area contributed by atoms with Crippen molar-refractivity contribution in [3.05, 3.63) is 23.9 Å². The van der Waals surface area contributed by atoms with Crippen molar-refractivity contribution >= 4 is 11.9 Å². The minimum absolute atomic E-state index is 0.0370. The van der Waals surface area contributed by atoms with Gasteiger partial charge in [-0.1, -0.05) is 17.3 Å². The van der Waals surface area contributed by atoms with Crippen LogP contribution in [-0.2, 0) is 6.54 Å². The summed E-state index contributed by atoms with van der Waals surface area (Å²) < 4.78 is 4.93. The lowest BCUT2D eigenvalue weighted by atomic mass is 9.86. The first-order valence-corrected chi connectivity index (χ1v) is 7.40. The first-order chi connectivity index (χ1) is 10.7. The van der Waals surface area contributed by atoms with E-state index in [1.54, 1.807) is 0 Å². The van der Waals surface area contributed by atoms with Gasteiger partial charge in [-0.3, -0.25) is 4.79 Å². The number of aromatic nitrogens is 2. The Morgan fingerprint density at radius 1 is 1.32 bits per heavy atom. The standard InChI is InChI=1S/C14H19N5O3/c1-15-13(20)12-17-11(22-18-12)6-16-14(21)19-7-9-4-2-3-5-10(9)8-19/h2-3,9-10H,4-8H2,1H3,(H,15,20)(H,16,21)/t9-,10+. The van der Waals surface area contributed by atoms with Gasteiger partial charge in [-0.2, -0.15) is 4.98 Å². The molecule has 1 fully saturated rings. The summed E-state index contributed by atoms with van der Waals surface area (Å²) in [6, 6.07) is -0.130. The number of carbonyl (C=O) groups is 2. The molecule has 3 amide bonds. The van der Waals surface area contributed by atoms with Crippen LogP contribution in [0.25, 0.3) is 0 Å². The summed E-state index contributed by atoms with van der Waals surface area (Å²) in [4.78, 5) is 29.3.